The fourth-order valence-electron chi connectivity index (χ4n) is 1.71. The van der Waals surface area contributed by atoms with Crippen molar-refractivity contribution in [2.75, 3.05) is 13.2 Å². The van der Waals surface area contributed by atoms with Gasteiger partial charge in [0.05, 0.1) is 18.7 Å². The molecule has 0 fully saturated rings. The number of hydrogen-bond acceptors (Lipinski definition) is 5. The molecule has 102 valence electrons. The largest absolute Gasteiger partial charge is 0.466 e. The number of ether oxygens (including phenoxy) is 1. The second-order valence-corrected chi connectivity index (χ2v) is 5.74. The van der Waals surface area contributed by atoms with Crippen molar-refractivity contribution in [2.45, 2.75) is 18.2 Å². The molecular weight excluding hydrogens is 268 g/mol. The molecule has 0 aromatic heterocycles. The minimum Gasteiger partial charge on any atom is -0.466 e. The first kappa shape index (κ1) is 13.5. The van der Waals surface area contributed by atoms with E-state index in [0.29, 0.717) is 5.69 Å². The summed E-state index contributed by atoms with van der Waals surface area (Å²) in [7, 11) is -3.62. The Labute approximate surface area is 111 Å². The van der Waals surface area contributed by atoms with Crippen molar-refractivity contribution in [1.82, 2.24) is 4.31 Å². The first-order valence-electron chi connectivity index (χ1n) is 5.86. The van der Waals surface area contributed by atoms with E-state index < -0.39 is 16.0 Å². The molecule has 1 aliphatic rings. The Morgan fingerprint density at radius 2 is 2.11 bits per heavy atom. The van der Waals surface area contributed by atoms with Crippen LogP contribution in [0.15, 0.2) is 34.2 Å². The standard InChI is InChI=1S/C12H14N2O4S/c1-2-18-12(15)7-8-14-9-13-10-5-3-4-6-11(10)19(14,16)17/h3-6,9H,2,7-8H2,1H3. The topological polar surface area (TPSA) is 76.0 Å². The lowest BCUT2D eigenvalue weighted by Crippen LogP contribution is -2.34. The molecule has 1 aromatic carbocycles. The van der Waals surface area contributed by atoms with Gasteiger partial charge in [0.2, 0.25) is 0 Å². The van der Waals surface area contributed by atoms with E-state index in [-0.39, 0.29) is 24.5 Å². The van der Waals surface area contributed by atoms with E-state index in [1.54, 1.807) is 25.1 Å². The molecule has 0 unspecified atom stereocenters. The molecule has 0 radical (unpaired) electrons. The molecule has 0 amide bonds. The van der Waals surface area contributed by atoms with Crippen LogP contribution in [0.1, 0.15) is 13.3 Å². The Morgan fingerprint density at radius 1 is 1.37 bits per heavy atom. The Hall–Kier alpha value is -1.89. The molecule has 6 nitrogen and oxygen atoms in total. The molecule has 7 heteroatoms. The van der Waals surface area contributed by atoms with Crippen molar-refractivity contribution >= 4 is 28.0 Å². The predicted molar refractivity (Wildman–Crippen MR) is 69.7 cm³/mol. The normalized spacial score (nSPS) is 15.9. The van der Waals surface area contributed by atoms with Crippen LogP contribution < -0.4 is 0 Å². The summed E-state index contributed by atoms with van der Waals surface area (Å²) in [5.74, 6) is -0.426. The molecule has 1 aromatic rings. The smallest absolute Gasteiger partial charge is 0.307 e. The Bertz CT molecular complexity index is 610. The van der Waals surface area contributed by atoms with Gasteiger partial charge in [-0.25, -0.2) is 13.4 Å². The van der Waals surface area contributed by atoms with E-state index >= 15 is 0 Å². The van der Waals surface area contributed by atoms with Gasteiger partial charge < -0.3 is 4.74 Å². The van der Waals surface area contributed by atoms with Crippen LogP contribution in [-0.2, 0) is 19.6 Å². The van der Waals surface area contributed by atoms with Gasteiger partial charge in [-0.15, -0.1) is 0 Å². The zero-order chi connectivity index (χ0) is 13.9. The van der Waals surface area contributed by atoms with E-state index in [4.69, 9.17) is 4.74 Å². The number of sulfonamides is 1. The van der Waals surface area contributed by atoms with Crippen LogP contribution in [-0.4, -0.2) is 38.2 Å². The highest BCUT2D eigenvalue weighted by Gasteiger charge is 2.28. The van der Waals surface area contributed by atoms with Crippen LogP contribution in [0, 0.1) is 0 Å². The van der Waals surface area contributed by atoms with E-state index in [0.717, 1.165) is 4.31 Å². The van der Waals surface area contributed by atoms with Crippen LogP contribution in [0.25, 0.3) is 0 Å². The second kappa shape index (κ2) is 5.40. The van der Waals surface area contributed by atoms with Crippen molar-refractivity contribution in [3.63, 3.8) is 0 Å². The van der Waals surface area contributed by atoms with E-state index in [1.165, 1.54) is 12.4 Å². The molecule has 2 rings (SSSR count). The molecule has 1 heterocycles. The maximum atomic E-state index is 12.3. The number of rotatable bonds is 4. The molecule has 0 saturated carbocycles. The number of fused-ring (bicyclic) bond motifs is 1. The van der Waals surface area contributed by atoms with Crippen molar-refractivity contribution in [3.05, 3.63) is 24.3 Å². The van der Waals surface area contributed by atoms with Gasteiger partial charge in [-0.3, -0.25) is 9.10 Å². The van der Waals surface area contributed by atoms with Gasteiger partial charge in [0.15, 0.2) is 0 Å². The highest BCUT2D eigenvalue weighted by atomic mass is 32.2. The number of carbonyl (C=O) groups is 1. The molecule has 0 N–H and O–H groups in total. The maximum Gasteiger partial charge on any atom is 0.307 e. The molecule has 0 bridgehead atoms. The lowest BCUT2D eigenvalue weighted by Gasteiger charge is -2.23. The van der Waals surface area contributed by atoms with Gasteiger partial charge >= 0.3 is 5.97 Å². The third kappa shape index (κ3) is 2.76. The number of para-hydroxylation sites is 1. The van der Waals surface area contributed by atoms with Crippen LogP contribution in [0.2, 0.25) is 0 Å². The minimum absolute atomic E-state index is 0.00125. The quantitative estimate of drug-likeness (QED) is 0.780. The third-order valence-corrected chi connectivity index (χ3v) is 4.41. The number of carbonyl (C=O) groups excluding carboxylic acids is 1. The Balaban J connectivity index is 2.16. The summed E-state index contributed by atoms with van der Waals surface area (Å²) in [5.41, 5.74) is 0.412. The number of benzene rings is 1. The zero-order valence-corrected chi connectivity index (χ0v) is 11.3. The first-order valence-corrected chi connectivity index (χ1v) is 7.30. The summed E-state index contributed by atoms with van der Waals surface area (Å²) in [4.78, 5) is 15.5. The molecule has 0 atom stereocenters. The number of nitrogens with zero attached hydrogens (tertiary/aromatic N) is 2. The molecule has 0 spiro atoms. The van der Waals surface area contributed by atoms with Crippen molar-refractivity contribution in [3.8, 4) is 0 Å². The second-order valence-electron chi connectivity index (χ2n) is 3.88. The van der Waals surface area contributed by atoms with Crippen molar-refractivity contribution in [1.29, 1.82) is 0 Å². The maximum absolute atomic E-state index is 12.3. The highest BCUT2D eigenvalue weighted by Crippen LogP contribution is 2.29. The molecule has 0 saturated heterocycles. The average molecular weight is 282 g/mol. The highest BCUT2D eigenvalue weighted by molar-refractivity contribution is 7.89. The van der Waals surface area contributed by atoms with Crippen LogP contribution in [0.4, 0.5) is 5.69 Å². The summed E-state index contributed by atoms with van der Waals surface area (Å²) in [6.07, 6.45) is 1.23. The van der Waals surface area contributed by atoms with E-state index in [2.05, 4.69) is 4.99 Å². The van der Waals surface area contributed by atoms with E-state index in [9.17, 15) is 13.2 Å². The number of hydrogen-bond donors (Lipinski definition) is 0. The minimum atomic E-state index is -3.62. The summed E-state index contributed by atoms with van der Waals surface area (Å²) >= 11 is 0. The van der Waals surface area contributed by atoms with Gasteiger partial charge in [0, 0.05) is 6.54 Å². The molecule has 0 aliphatic carbocycles. The lowest BCUT2D eigenvalue weighted by molar-refractivity contribution is -0.143. The predicted octanol–water partition coefficient (Wildman–Crippen LogP) is 1.30. The SMILES string of the molecule is CCOC(=O)CCN1C=Nc2ccccc2S1(=O)=O. The van der Waals surface area contributed by atoms with Crippen LogP contribution in [0.3, 0.4) is 0 Å². The zero-order valence-electron chi connectivity index (χ0n) is 10.4. The average Bonchev–Trinajstić information content (AvgIpc) is 2.38. The first-order chi connectivity index (χ1) is 9.05. The number of aliphatic imine (C=N–C) groups is 1. The molecule has 19 heavy (non-hydrogen) atoms. The van der Waals surface area contributed by atoms with Gasteiger partial charge in [-0.1, -0.05) is 12.1 Å². The lowest BCUT2D eigenvalue weighted by atomic mass is 10.3. The Morgan fingerprint density at radius 3 is 2.84 bits per heavy atom. The van der Waals surface area contributed by atoms with E-state index in [1.807, 2.05) is 0 Å². The van der Waals surface area contributed by atoms with Crippen LogP contribution in [0.5, 0.6) is 0 Å². The van der Waals surface area contributed by atoms with Crippen LogP contribution >= 0.6 is 0 Å². The van der Waals surface area contributed by atoms with Crippen molar-refractivity contribution < 1.29 is 17.9 Å². The van der Waals surface area contributed by atoms with Gasteiger partial charge in [0.25, 0.3) is 10.0 Å². The fraction of sp³-hybridized carbons (Fsp3) is 0.333. The number of esters is 1. The third-order valence-electron chi connectivity index (χ3n) is 2.62. The molecular formula is C12H14N2O4S. The summed E-state index contributed by atoms with van der Waals surface area (Å²) in [6.45, 7) is 2.01. The fourth-order valence-corrected chi connectivity index (χ4v) is 3.10. The van der Waals surface area contributed by atoms with Gasteiger partial charge in [-0.05, 0) is 19.1 Å². The summed E-state index contributed by atoms with van der Waals surface area (Å²) < 4.78 is 30.3. The summed E-state index contributed by atoms with van der Waals surface area (Å²) in [5, 5.41) is 0. The summed E-state index contributed by atoms with van der Waals surface area (Å²) in [6, 6.07) is 6.49. The monoisotopic (exact) mass is 282 g/mol. The van der Waals surface area contributed by atoms with Gasteiger partial charge in [-0.2, -0.15) is 0 Å². The Kier molecular flexibility index (Phi) is 3.84. The van der Waals surface area contributed by atoms with Gasteiger partial charge in [0.1, 0.15) is 11.2 Å². The molecule has 1 aliphatic heterocycles. The van der Waals surface area contributed by atoms with Crippen molar-refractivity contribution in [2.24, 2.45) is 4.99 Å².